The molecular formula is C14H18N2O2. The van der Waals surface area contributed by atoms with Crippen LogP contribution < -0.4 is 5.73 Å². The molecule has 4 heteroatoms. The average Bonchev–Trinajstić information content (AvgIpc) is 2.54. The van der Waals surface area contributed by atoms with E-state index in [2.05, 4.69) is 0 Å². The van der Waals surface area contributed by atoms with Crippen molar-refractivity contribution in [2.75, 3.05) is 6.54 Å². The second-order valence-electron chi connectivity index (χ2n) is 4.66. The van der Waals surface area contributed by atoms with Crippen molar-refractivity contribution in [1.82, 2.24) is 4.57 Å². The number of nitrogens with zero attached hydrogens (tertiary/aromatic N) is 1. The fraction of sp³-hybridized carbons (Fsp3) is 0.357. The van der Waals surface area contributed by atoms with E-state index in [1.807, 2.05) is 31.4 Å². The first-order valence-corrected chi connectivity index (χ1v) is 6.00. The number of nitrogens with two attached hydrogens (primary N) is 1. The summed E-state index contributed by atoms with van der Waals surface area (Å²) < 4.78 is 2.01. The second-order valence-corrected chi connectivity index (χ2v) is 4.66. The maximum absolute atomic E-state index is 11.4. The van der Waals surface area contributed by atoms with Gasteiger partial charge in [-0.3, -0.25) is 0 Å². The molecule has 0 unspecified atom stereocenters. The first-order chi connectivity index (χ1) is 8.47. The summed E-state index contributed by atoms with van der Waals surface area (Å²) in [4.78, 5) is 11.4. The lowest BCUT2D eigenvalue weighted by Gasteiger charge is -2.09. The Bertz CT molecular complexity index is 626. The van der Waals surface area contributed by atoms with Gasteiger partial charge in [-0.15, -0.1) is 0 Å². The van der Waals surface area contributed by atoms with Gasteiger partial charge in [0, 0.05) is 24.2 Å². The molecule has 1 aromatic carbocycles. The Morgan fingerprint density at radius 1 is 1.33 bits per heavy atom. The molecule has 0 fully saturated rings. The molecule has 0 aliphatic heterocycles. The number of hydrogen-bond acceptors (Lipinski definition) is 2. The Balaban J connectivity index is 2.92. The minimum atomic E-state index is -0.889. The summed E-state index contributed by atoms with van der Waals surface area (Å²) >= 11 is 0. The Morgan fingerprint density at radius 3 is 2.56 bits per heavy atom. The van der Waals surface area contributed by atoms with Crippen molar-refractivity contribution in [1.29, 1.82) is 0 Å². The quantitative estimate of drug-likeness (QED) is 0.872. The Labute approximate surface area is 106 Å². The summed E-state index contributed by atoms with van der Waals surface area (Å²) in [7, 11) is 0. The van der Waals surface area contributed by atoms with Crippen LogP contribution >= 0.6 is 0 Å². The number of hydrogen-bond donors (Lipinski definition) is 2. The van der Waals surface area contributed by atoms with Crippen LogP contribution in [0.5, 0.6) is 0 Å². The first kappa shape index (κ1) is 12.6. The summed E-state index contributed by atoms with van der Waals surface area (Å²) in [6, 6.07) is 3.76. The molecular weight excluding hydrogens is 228 g/mol. The molecule has 18 heavy (non-hydrogen) atoms. The zero-order valence-electron chi connectivity index (χ0n) is 10.9. The largest absolute Gasteiger partial charge is 0.478 e. The average molecular weight is 246 g/mol. The van der Waals surface area contributed by atoms with Crippen molar-refractivity contribution < 1.29 is 9.90 Å². The number of aromatic carboxylic acids is 1. The van der Waals surface area contributed by atoms with Gasteiger partial charge in [0.1, 0.15) is 0 Å². The summed E-state index contributed by atoms with van der Waals surface area (Å²) in [5, 5.41) is 10.4. The minimum absolute atomic E-state index is 0.356. The van der Waals surface area contributed by atoms with Gasteiger partial charge in [0.2, 0.25) is 0 Å². The molecule has 0 saturated carbocycles. The molecule has 0 bridgehead atoms. The fourth-order valence-electron chi connectivity index (χ4n) is 2.49. The van der Waals surface area contributed by atoms with Gasteiger partial charge in [-0.1, -0.05) is 0 Å². The van der Waals surface area contributed by atoms with E-state index in [1.54, 1.807) is 6.07 Å². The first-order valence-electron chi connectivity index (χ1n) is 6.00. The van der Waals surface area contributed by atoms with Crippen LogP contribution in [0.1, 0.15) is 27.2 Å². The van der Waals surface area contributed by atoms with Crippen LogP contribution in [0, 0.1) is 20.8 Å². The van der Waals surface area contributed by atoms with Gasteiger partial charge >= 0.3 is 5.97 Å². The number of fused-ring (bicyclic) bond motifs is 1. The lowest BCUT2D eigenvalue weighted by atomic mass is 10.0. The van der Waals surface area contributed by atoms with E-state index in [-0.39, 0.29) is 0 Å². The van der Waals surface area contributed by atoms with Crippen LogP contribution in [-0.4, -0.2) is 22.2 Å². The molecule has 2 rings (SSSR count). The molecule has 0 saturated heterocycles. The topological polar surface area (TPSA) is 68.2 Å². The van der Waals surface area contributed by atoms with Gasteiger partial charge in [0.15, 0.2) is 0 Å². The zero-order chi connectivity index (χ0) is 13.4. The predicted molar refractivity (Wildman–Crippen MR) is 72.2 cm³/mol. The van der Waals surface area contributed by atoms with Crippen molar-refractivity contribution in [2.24, 2.45) is 5.73 Å². The van der Waals surface area contributed by atoms with Crippen molar-refractivity contribution >= 4 is 16.9 Å². The number of carboxylic acid groups (broad SMARTS) is 1. The molecule has 0 aliphatic carbocycles. The highest BCUT2D eigenvalue weighted by Crippen LogP contribution is 2.29. The molecule has 0 radical (unpaired) electrons. The number of aromatic nitrogens is 1. The number of rotatable bonds is 3. The van der Waals surface area contributed by atoms with Crippen molar-refractivity contribution in [3.63, 3.8) is 0 Å². The van der Waals surface area contributed by atoms with Gasteiger partial charge in [-0.05, 0) is 44.0 Å². The molecule has 0 amide bonds. The molecule has 1 aromatic heterocycles. The van der Waals surface area contributed by atoms with Crippen LogP contribution in [0.25, 0.3) is 10.9 Å². The molecule has 1 heterocycles. The van der Waals surface area contributed by atoms with E-state index in [0.29, 0.717) is 18.7 Å². The SMILES string of the molecule is Cc1cc(C(=O)O)c2c(c1)c(C)c(C)n2CCN. The second kappa shape index (κ2) is 4.46. The van der Waals surface area contributed by atoms with Crippen LogP contribution in [0.15, 0.2) is 12.1 Å². The van der Waals surface area contributed by atoms with Crippen molar-refractivity contribution in [3.8, 4) is 0 Å². The maximum Gasteiger partial charge on any atom is 0.337 e. The molecule has 3 N–H and O–H groups in total. The zero-order valence-corrected chi connectivity index (χ0v) is 10.9. The molecule has 2 aromatic rings. The van der Waals surface area contributed by atoms with Crippen molar-refractivity contribution in [2.45, 2.75) is 27.3 Å². The third-order valence-corrected chi connectivity index (χ3v) is 3.46. The number of aryl methyl sites for hydroxylation is 2. The van der Waals surface area contributed by atoms with Crippen LogP contribution in [0.2, 0.25) is 0 Å². The van der Waals surface area contributed by atoms with Crippen LogP contribution in [-0.2, 0) is 6.54 Å². The van der Waals surface area contributed by atoms with E-state index < -0.39 is 5.97 Å². The van der Waals surface area contributed by atoms with Gasteiger partial charge in [0.25, 0.3) is 0 Å². The Hall–Kier alpha value is -1.81. The van der Waals surface area contributed by atoms with E-state index in [1.165, 1.54) is 0 Å². The van der Waals surface area contributed by atoms with Gasteiger partial charge in [-0.2, -0.15) is 0 Å². The third-order valence-electron chi connectivity index (χ3n) is 3.46. The van der Waals surface area contributed by atoms with Crippen LogP contribution in [0.3, 0.4) is 0 Å². The van der Waals surface area contributed by atoms with E-state index in [4.69, 9.17) is 5.73 Å². The van der Waals surface area contributed by atoms with Gasteiger partial charge < -0.3 is 15.4 Å². The highest BCUT2D eigenvalue weighted by atomic mass is 16.4. The summed E-state index contributed by atoms with van der Waals surface area (Å²) in [5.74, 6) is -0.889. The van der Waals surface area contributed by atoms with Gasteiger partial charge in [0.05, 0.1) is 11.1 Å². The Kier molecular flexibility index (Phi) is 3.13. The number of benzene rings is 1. The van der Waals surface area contributed by atoms with E-state index in [0.717, 1.165) is 27.7 Å². The van der Waals surface area contributed by atoms with Gasteiger partial charge in [-0.25, -0.2) is 4.79 Å². The summed E-state index contributed by atoms with van der Waals surface area (Å²) in [6.07, 6.45) is 0. The highest BCUT2D eigenvalue weighted by molar-refractivity contribution is 6.04. The number of carbonyl (C=O) groups is 1. The maximum atomic E-state index is 11.4. The predicted octanol–water partition coefficient (Wildman–Crippen LogP) is 2.22. The number of carboxylic acids is 1. The third kappa shape index (κ3) is 1.78. The fourth-order valence-corrected chi connectivity index (χ4v) is 2.49. The summed E-state index contributed by atoms with van der Waals surface area (Å²) in [5.41, 5.74) is 9.94. The standard InChI is InChI=1S/C14H18N2O2/c1-8-6-11-9(2)10(3)16(5-4-15)13(11)12(7-8)14(17)18/h6-7H,4-5,15H2,1-3H3,(H,17,18). The molecule has 96 valence electrons. The summed E-state index contributed by atoms with van der Waals surface area (Å²) in [6.45, 7) is 7.08. The monoisotopic (exact) mass is 246 g/mol. The lowest BCUT2D eigenvalue weighted by molar-refractivity contribution is 0.0698. The molecule has 0 spiro atoms. The molecule has 0 aliphatic rings. The molecule has 4 nitrogen and oxygen atoms in total. The normalized spacial score (nSPS) is 11.1. The van der Waals surface area contributed by atoms with E-state index in [9.17, 15) is 9.90 Å². The minimum Gasteiger partial charge on any atom is -0.478 e. The molecule has 0 atom stereocenters. The van der Waals surface area contributed by atoms with Crippen LogP contribution in [0.4, 0.5) is 0 Å². The van der Waals surface area contributed by atoms with E-state index >= 15 is 0 Å². The Morgan fingerprint density at radius 2 is 2.00 bits per heavy atom. The van der Waals surface area contributed by atoms with Crippen molar-refractivity contribution in [3.05, 3.63) is 34.5 Å². The smallest absolute Gasteiger partial charge is 0.337 e. The lowest BCUT2D eigenvalue weighted by Crippen LogP contribution is -2.12. The highest BCUT2D eigenvalue weighted by Gasteiger charge is 2.18.